The third-order valence-electron chi connectivity index (χ3n) is 5.02. The van der Waals surface area contributed by atoms with E-state index < -0.39 is 5.76 Å². The lowest BCUT2D eigenvalue weighted by molar-refractivity contribution is 0.304. The van der Waals surface area contributed by atoms with E-state index in [-0.39, 0.29) is 0 Å². The van der Waals surface area contributed by atoms with Gasteiger partial charge in [-0.3, -0.25) is 9.51 Å². The van der Waals surface area contributed by atoms with E-state index in [1.54, 1.807) is 0 Å². The van der Waals surface area contributed by atoms with Gasteiger partial charge in [-0.2, -0.15) is 0 Å². The van der Waals surface area contributed by atoms with Crippen molar-refractivity contribution in [3.05, 3.63) is 82.7 Å². The van der Waals surface area contributed by atoms with Crippen LogP contribution in [-0.2, 0) is 13.0 Å². The van der Waals surface area contributed by atoms with E-state index in [4.69, 9.17) is 4.74 Å². The summed E-state index contributed by atoms with van der Waals surface area (Å²) in [5, 5.41) is 4.98. The topological polar surface area (TPSA) is 73.1 Å². The number of rotatable bonds is 10. The molecule has 0 aliphatic carbocycles. The van der Waals surface area contributed by atoms with Gasteiger partial charge in [0.25, 0.3) is 0 Å². The highest BCUT2D eigenvalue weighted by Gasteiger charge is 2.03. The highest BCUT2D eigenvalue weighted by Crippen LogP contribution is 2.17. The fourth-order valence-corrected chi connectivity index (χ4v) is 3.50. The highest BCUT2D eigenvalue weighted by molar-refractivity contribution is 5.79. The van der Waals surface area contributed by atoms with Crippen LogP contribution in [0.3, 0.4) is 0 Å². The fourth-order valence-electron chi connectivity index (χ4n) is 3.50. The normalized spacial score (nSPS) is 11.2. The third-order valence-corrected chi connectivity index (χ3v) is 5.02. The van der Waals surface area contributed by atoms with Gasteiger partial charge in [0.1, 0.15) is 5.75 Å². The molecule has 2 heterocycles. The number of nitrogens with zero attached hydrogens (tertiary/aromatic N) is 2. The molecule has 0 amide bonds. The Morgan fingerprint density at radius 3 is 2.62 bits per heavy atom. The van der Waals surface area contributed by atoms with Gasteiger partial charge in [-0.25, -0.2) is 4.79 Å². The van der Waals surface area contributed by atoms with Gasteiger partial charge in [-0.1, -0.05) is 48.3 Å². The number of aromatic amines is 1. The molecule has 0 saturated heterocycles. The molecule has 0 aliphatic rings. The van der Waals surface area contributed by atoms with E-state index in [9.17, 15) is 4.79 Å². The van der Waals surface area contributed by atoms with E-state index in [1.807, 2.05) is 24.3 Å². The summed E-state index contributed by atoms with van der Waals surface area (Å²) in [6.07, 6.45) is 7.30. The average Bonchev–Trinajstić information content (AvgIpc) is 3.34. The van der Waals surface area contributed by atoms with Crippen molar-refractivity contribution >= 4 is 10.9 Å². The van der Waals surface area contributed by atoms with Crippen LogP contribution in [0.1, 0.15) is 37.1 Å². The number of H-pyrrole nitrogens is 1. The molecule has 0 saturated carbocycles. The largest absolute Gasteiger partial charge is 0.494 e. The summed E-state index contributed by atoms with van der Waals surface area (Å²) in [5.74, 6) is 0.861. The molecule has 0 atom stereocenters. The zero-order chi connectivity index (χ0) is 19.9. The molecule has 1 N–H and O–H groups in total. The van der Waals surface area contributed by atoms with Crippen molar-refractivity contribution in [2.75, 3.05) is 6.61 Å². The zero-order valence-electron chi connectivity index (χ0n) is 16.3. The lowest BCUT2D eigenvalue weighted by Crippen LogP contribution is -2.00. The maximum Gasteiger partial charge on any atom is 0.438 e. The molecule has 150 valence electrons. The Morgan fingerprint density at radius 1 is 0.966 bits per heavy atom. The van der Waals surface area contributed by atoms with Crippen LogP contribution < -0.4 is 10.5 Å². The molecule has 0 aliphatic heterocycles. The van der Waals surface area contributed by atoms with Crippen molar-refractivity contribution in [2.45, 2.75) is 38.6 Å². The van der Waals surface area contributed by atoms with Crippen LogP contribution in [0, 0.1) is 0 Å². The second-order valence-corrected chi connectivity index (χ2v) is 7.19. The molecule has 4 rings (SSSR count). The van der Waals surface area contributed by atoms with E-state index in [0.717, 1.165) is 37.3 Å². The molecule has 0 unspecified atom stereocenters. The molecule has 4 aromatic rings. The lowest BCUT2D eigenvalue weighted by atomic mass is 10.1. The molecule has 29 heavy (non-hydrogen) atoms. The summed E-state index contributed by atoms with van der Waals surface area (Å²) in [6.45, 7) is 1.79. The van der Waals surface area contributed by atoms with Crippen molar-refractivity contribution in [1.29, 1.82) is 0 Å². The van der Waals surface area contributed by atoms with Gasteiger partial charge in [0.2, 0.25) is 0 Å². The number of ether oxygens (including phenoxy) is 1. The first-order chi connectivity index (χ1) is 14.3. The number of fused-ring (bicyclic) bond motifs is 1. The van der Waals surface area contributed by atoms with Gasteiger partial charge in [0.15, 0.2) is 5.82 Å². The average molecular weight is 391 g/mol. The quantitative estimate of drug-likeness (QED) is 0.403. The monoisotopic (exact) mass is 391 g/mol. The van der Waals surface area contributed by atoms with Crippen molar-refractivity contribution in [1.82, 2.24) is 14.7 Å². The standard InChI is InChI=1S/C23H25N3O3/c27-23-24-22(25-29-23)17-18-9-11-20(12-10-18)28-16-6-2-1-5-14-26-15-13-19-7-3-4-8-21(19)26/h3-4,7-13,15H,1-2,5-6,14,16-17H2,(H,24,25,27). The van der Waals surface area contributed by atoms with Gasteiger partial charge >= 0.3 is 5.76 Å². The minimum atomic E-state index is -0.526. The molecular weight excluding hydrogens is 366 g/mol. The van der Waals surface area contributed by atoms with E-state index >= 15 is 0 Å². The van der Waals surface area contributed by atoms with Gasteiger partial charge in [-0.05, 0) is 48.1 Å². The molecule has 0 fully saturated rings. The number of aryl methyl sites for hydroxylation is 1. The summed E-state index contributed by atoms with van der Waals surface area (Å²) in [4.78, 5) is 13.5. The predicted octanol–water partition coefficient (Wildman–Crippen LogP) is 4.55. The first kappa shape index (κ1) is 19.1. The maximum atomic E-state index is 11.0. The Kier molecular flexibility index (Phi) is 6.10. The molecule has 2 aromatic carbocycles. The molecule has 0 spiro atoms. The Morgan fingerprint density at radius 2 is 1.79 bits per heavy atom. The van der Waals surface area contributed by atoms with Crippen LogP contribution in [0.5, 0.6) is 5.75 Å². The second kappa shape index (κ2) is 9.28. The minimum Gasteiger partial charge on any atom is -0.494 e. The van der Waals surface area contributed by atoms with Crippen LogP contribution in [0.4, 0.5) is 0 Å². The predicted molar refractivity (Wildman–Crippen MR) is 112 cm³/mol. The molecule has 0 radical (unpaired) electrons. The number of unbranched alkanes of at least 4 members (excludes halogenated alkanes) is 3. The van der Waals surface area contributed by atoms with Crippen LogP contribution in [0.25, 0.3) is 10.9 Å². The van der Waals surface area contributed by atoms with Gasteiger partial charge < -0.3 is 9.30 Å². The Hall–Kier alpha value is -3.28. The van der Waals surface area contributed by atoms with Crippen LogP contribution in [0.15, 0.2) is 70.1 Å². The molecule has 6 heteroatoms. The summed E-state index contributed by atoms with van der Waals surface area (Å²) < 4.78 is 12.7. The van der Waals surface area contributed by atoms with Gasteiger partial charge in [0.05, 0.1) is 6.61 Å². The van der Waals surface area contributed by atoms with Gasteiger partial charge in [0, 0.05) is 24.7 Å². The molecule has 2 aromatic heterocycles. The van der Waals surface area contributed by atoms with Crippen molar-refractivity contribution < 1.29 is 9.26 Å². The minimum absolute atomic E-state index is 0.525. The third kappa shape index (κ3) is 5.16. The van der Waals surface area contributed by atoms with Crippen LogP contribution in [0.2, 0.25) is 0 Å². The Balaban J connectivity index is 1.12. The lowest BCUT2D eigenvalue weighted by Gasteiger charge is -2.08. The van der Waals surface area contributed by atoms with E-state index in [2.05, 4.69) is 55.8 Å². The second-order valence-electron chi connectivity index (χ2n) is 7.19. The van der Waals surface area contributed by atoms with Crippen LogP contribution in [-0.4, -0.2) is 21.3 Å². The first-order valence-corrected chi connectivity index (χ1v) is 10.1. The summed E-state index contributed by atoms with van der Waals surface area (Å²) >= 11 is 0. The summed E-state index contributed by atoms with van der Waals surface area (Å²) in [5.41, 5.74) is 2.36. The maximum absolute atomic E-state index is 11.0. The summed E-state index contributed by atoms with van der Waals surface area (Å²) in [6, 6.07) is 18.5. The Labute approximate surface area is 169 Å². The molecule has 6 nitrogen and oxygen atoms in total. The SMILES string of the molecule is O=c1[nH]c(Cc2ccc(OCCCCCCn3ccc4ccccc43)cc2)no1. The number of hydrogen-bond donors (Lipinski definition) is 1. The molecular formula is C23H25N3O3. The number of nitrogens with one attached hydrogen (secondary N) is 1. The highest BCUT2D eigenvalue weighted by atomic mass is 16.5. The number of aromatic nitrogens is 3. The zero-order valence-corrected chi connectivity index (χ0v) is 16.3. The van der Waals surface area contributed by atoms with E-state index in [1.165, 1.54) is 23.7 Å². The first-order valence-electron chi connectivity index (χ1n) is 10.1. The smallest absolute Gasteiger partial charge is 0.438 e. The number of para-hydroxylation sites is 1. The van der Waals surface area contributed by atoms with Gasteiger partial charge in [-0.15, -0.1) is 0 Å². The van der Waals surface area contributed by atoms with Crippen molar-refractivity contribution in [2.24, 2.45) is 0 Å². The summed E-state index contributed by atoms with van der Waals surface area (Å²) in [7, 11) is 0. The van der Waals surface area contributed by atoms with Crippen LogP contribution >= 0.6 is 0 Å². The Bertz CT molecular complexity index is 1090. The van der Waals surface area contributed by atoms with Crippen molar-refractivity contribution in [3.8, 4) is 5.75 Å². The number of hydrogen-bond acceptors (Lipinski definition) is 4. The van der Waals surface area contributed by atoms with E-state index in [0.29, 0.717) is 12.2 Å². The number of benzene rings is 2. The molecule has 0 bridgehead atoms. The van der Waals surface area contributed by atoms with Crippen molar-refractivity contribution in [3.63, 3.8) is 0 Å². The fraction of sp³-hybridized carbons (Fsp3) is 0.304.